The molecule has 0 spiro atoms. The standard InChI is InChI=1S/C24H29N3O5S/c1-3-25(4-2)33(30,31)19-11-12-20-18(16-19)8-7-14-26(20)23(28)13-15-27-21-9-5-6-10-22(21)32-17-24(27)29/h5-6,9-12,16H,3-4,7-8,13-15,17H2,1-2H3. The second-order valence-electron chi connectivity index (χ2n) is 8.08. The third-order valence-electron chi connectivity index (χ3n) is 6.17. The van der Waals surface area contributed by atoms with E-state index in [9.17, 15) is 18.0 Å². The lowest BCUT2D eigenvalue weighted by atomic mass is 10.0. The number of anilines is 2. The first-order valence-corrected chi connectivity index (χ1v) is 12.8. The van der Waals surface area contributed by atoms with Crippen LogP contribution in [0.5, 0.6) is 5.75 Å². The first-order valence-electron chi connectivity index (χ1n) is 11.3. The number of fused-ring (bicyclic) bond motifs is 2. The van der Waals surface area contributed by atoms with Crippen molar-refractivity contribution in [1.29, 1.82) is 0 Å². The van der Waals surface area contributed by atoms with Crippen molar-refractivity contribution in [2.75, 3.05) is 42.6 Å². The zero-order chi connectivity index (χ0) is 23.6. The van der Waals surface area contributed by atoms with E-state index < -0.39 is 10.0 Å². The Hall–Kier alpha value is -2.91. The molecule has 0 N–H and O–H groups in total. The van der Waals surface area contributed by atoms with Gasteiger partial charge in [-0.05, 0) is 48.7 Å². The quantitative estimate of drug-likeness (QED) is 0.620. The van der Waals surface area contributed by atoms with E-state index in [1.165, 1.54) is 4.31 Å². The topological polar surface area (TPSA) is 87.2 Å². The SMILES string of the molecule is CCN(CC)S(=O)(=O)c1ccc2c(c1)CCCN2C(=O)CCN1C(=O)COc2ccccc21. The molecule has 8 nitrogen and oxygen atoms in total. The second kappa shape index (κ2) is 9.52. The molecule has 0 saturated heterocycles. The summed E-state index contributed by atoms with van der Waals surface area (Å²) in [6.07, 6.45) is 1.64. The summed E-state index contributed by atoms with van der Waals surface area (Å²) in [5, 5.41) is 0. The molecular formula is C24H29N3O5S. The van der Waals surface area contributed by atoms with Crippen LogP contribution in [0.1, 0.15) is 32.3 Å². The molecule has 0 saturated carbocycles. The highest BCUT2D eigenvalue weighted by atomic mass is 32.2. The summed E-state index contributed by atoms with van der Waals surface area (Å²) in [7, 11) is -3.56. The molecule has 0 fully saturated rings. The Morgan fingerprint density at radius 3 is 2.61 bits per heavy atom. The highest BCUT2D eigenvalue weighted by Gasteiger charge is 2.29. The summed E-state index contributed by atoms with van der Waals surface area (Å²) in [6, 6.07) is 12.3. The fourth-order valence-corrected chi connectivity index (χ4v) is 5.96. The zero-order valence-corrected chi connectivity index (χ0v) is 19.8. The zero-order valence-electron chi connectivity index (χ0n) is 19.0. The molecule has 0 aromatic heterocycles. The normalized spacial score (nSPS) is 15.8. The first kappa shape index (κ1) is 23.3. The van der Waals surface area contributed by atoms with Crippen LogP contribution in [0.15, 0.2) is 47.4 Å². The van der Waals surface area contributed by atoms with Gasteiger partial charge in [0.1, 0.15) is 5.75 Å². The highest BCUT2D eigenvalue weighted by Crippen LogP contribution is 2.33. The Kier molecular flexibility index (Phi) is 6.71. The van der Waals surface area contributed by atoms with Crippen molar-refractivity contribution < 1.29 is 22.7 Å². The molecular weight excluding hydrogens is 442 g/mol. The molecule has 0 atom stereocenters. The molecule has 2 amide bonds. The summed E-state index contributed by atoms with van der Waals surface area (Å²) in [5.74, 6) is 0.369. The number of ether oxygens (including phenoxy) is 1. The van der Waals surface area contributed by atoms with Crippen molar-refractivity contribution in [1.82, 2.24) is 4.31 Å². The van der Waals surface area contributed by atoms with E-state index in [1.54, 1.807) is 34.1 Å². The lowest BCUT2D eigenvalue weighted by Gasteiger charge is -2.32. The Morgan fingerprint density at radius 2 is 1.85 bits per heavy atom. The van der Waals surface area contributed by atoms with Crippen molar-refractivity contribution >= 4 is 33.2 Å². The number of nitrogens with zero attached hydrogens (tertiary/aromatic N) is 3. The van der Waals surface area contributed by atoms with E-state index in [4.69, 9.17) is 4.74 Å². The monoisotopic (exact) mass is 471 g/mol. The van der Waals surface area contributed by atoms with Gasteiger partial charge in [-0.1, -0.05) is 26.0 Å². The minimum atomic E-state index is -3.56. The van der Waals surface area contributed by atoms with Gasteiger partial charge in [-0.3, -0.25) is 9.59 Å². The number of amides is 2. The van der Waals surface area contributed by atoms with E-state index in [2.05, 4.69) is 0 Å². The fourth-order valence-electron chi connectivity index (χ4n) is 4.45. The average Bonchev–Trinajstić information content (AvgIpc) is 2.83. The third-order valence-corrected chi connectivity index (χ3v) is 8.22. The van der Waals surface area contributed by atoms with Crippen LogP contribution >= 0.6 is 0 Å². The minimum Gasteiger partial charge on any atom is -0.482 e. The Labute approximate surface area is 194 Å². The molecule has 2 aliphatic rings. The van der Waals surface area contributed by atoms with Crippen molar-refractivity contribution in [2.45, 2.75) is 38.0 Å². The average molecular weight is 472 g/mol. The Bertz CT molecular complexity index is 1160. The van der Waals surface area contributed by atoms with Gasteiger partial charge < -0.3 is 14.5 Å². The number of hydrogen-bond donors (Lipinski definition) is 0. The molecule has 4 rings (SSSR count). The van der Waals surface area contributed by atoms with Gasteiger partial charge in [0.25, 0.3) is 5.91 Å². The number of hydrogen-bond acceptors (Lipinski definition) is 5. The molecule has 0 bridgehead atoms. The molecule has 9 heteroatoms. The number of aryl methyl sites for hydroxylation is 1. The fraction of sp³-hybridized carbons (Fsp3) is 0.417. The van der Waals surface area contributed by atoms with Gasteiger partial charge in [0.05, 0.1) is 10.6 Å². The molecule has 2 aromatic carbocycles. The summed E-state index contributed by atoms with van der Waals surface area (Å²) >= 11 is 0. The van der Waals surface area contributed by atoms with Crippen LogP contribution in [0.2, 0.25) is 0 Å². The largest absolute Gasteiger partial charge is 0.482 e. The summed E-state index contributed by atoms with van der Waals surface area (Å²) in [6.45, 7) is 5.24. The van der Waals surface area contributed by atoms with Gasteiger partial charge >= 0.3 is 0 Å². The number of rotatable bonds is 7. The van der Waals surface area contributed by atoms with E-state index in [1.807, 2.05) is 32.0 Å². The van der Waals surface area contributed by atoms with Gasteiger partial charge in [-0.15, -0.1) is 0 Å². The Balaban J connectivity index is 1.52. The maximum absolute atomic E-state index is 13.1. The highest BCUT2D eigenvalue weighted by molar-refractivity contribution is 7.89. The minimum absolute atomic E-state index is 0.0401. The van der Waals surface area contributed by atoms with E-state index in [-0.39, 0.29) is 36.3 Å². The van der Waals surface area contributed by atoms with Crippen LogP contribution in [0.25, 0.3) is 0 Å². The van der Waals surface area contributed by atoms with Crippen LogP contribution in [0.4, 0.5) is 11.4 Å². The van der Waals surface area contributed by atoms with Crippen molar-refractivity contribution in [3.63, 3.8) is 0 Å². The second-order valence-corrected chi connectivity index (χ2v) is 10.0. The van der Waals surface area contributed by atoms with Gasteiger partial charge in [-0.25, -0.2) is 8.42 Å². The summed E-state index contributed by atoms with van der Waals surface area (Å²) < 4.78 is 32.7. The van der Waals surface area contributed by atoms with E-state index in [0.29, 0.717) is 31.1 Å². The molecule has 2 heterocycles. The lowest BCUT2D eigenvalue weighted by Crippen LogP contribution is -2.42. The number of para-hydroxylation sites is 2. The van der Waals surface area contributed by atoms with Crippen molar-refractivity contribution in [2.24, 2.45) is 0 Å². The van der Waals surface area contributed by atoms with Gasteiger partial charge in [0.15, 0.2) is 6.61 Å². The third kappa shape index (κ3) is 4.47. The van der Waals surface area contributed by atoms with Crippen LogP contribution in [0, 0.1) is 0 Å². The van der Waals surface area contributed by atoms with Crippen LogP contribution < -0.4 is 14.5 Å². The number of carbonyl (C=O) groups is 2. The molecule has 176 valence electrons. The number of benzene rings is 2. The van der Waals surface area contributed by atoms with Crippen LogP contribution in [-0.4, -0.2) is 57.3 Å². The predicted octanol–water partition coefficient (Wildman–Crippen LogP) is 2.81. The maximum Gasteiger partial charge on any atom is 0.265 e. The van der Waals surface area contributed by atoms with E-state index in [0.717, 1.165) is 24.1 Å². The number of sulfonamides is 1. The summed E-state index contributed by atoms with van der Waals surface area (Å²) in [4.78, 5) is 29.1. The molecule has 2 aliphatic heterocycles. The Morgan fingerprint density at radius 1 is 1.09 bits per heavy atom. The predicted molar refractivity (Wildman–Crippen MR) is 126 cm³/mol. The molecule has 33 heavy (non-hydrogen) atoms. The van der Waals surface area contributed by atoms with Crippen molar-refractivity contribution in [3.05, 3.63) is 48.0 Å². The smallest absolute Gasteiger partial charge is 0.265 e. The lowest BCUT2D eigenvalue weighted by molar-refractivity contribution is -0.121. The summed E-state index contributed by atoms with van der Waals surface area (Å²) in [5.41, 5.74) is 2.28. The van der Waals surface area contributed by atoms with Gasteiger partial charge in [0.2, 0.25) is 15.9 Å². The first-order chi connectivity index (χ1) is 15.9. The van der Waals surface area contributed by atoms with Gasteiger partial charge in [-0.2, -0.15) is 4.31 Å². The molecule has 2 aromatic rings. The van der Waals surface area contributed by atoms with Crippen LogP contribution in [-0.2, 0) is 26.0 Å². The van der Waals surface area contributed by atoms with Crippen molar-refractivity contribution in [3.8, 4) is 5.75 Å². The van der Waals surface area contributed by atoms with Crippen LogP contribution in [0.3, 0.4) is 0 Å². The number of carbonyl (C=O) groups excluding carboxylic acids is 2. The molecule has 0 radical (unpaired) electrons. The van der Waals surface area contributed by atoms with E-state index >= 15 is 0 Å². The maximum atomic E-state index is 13.1. The molecule has 0 aliphatic carbocycles. The molecule has 0 unspecified atom stereocenters. The van der Waals surface area contributed by atoms with Gasteiger partial charge in [0, 0.05) is 38.3 Å².